The number of aryl methyl sites for hydroxylation is 2. The maximum atomic E-state index is 13.4. The Hall–Kier alpha value is -3.14. The van der Waals surface area contributed by atoms with Gasteiger partial charge in [-0.15, -0.1) is 5.10 Å². The van der Waals surface area contributed by atoms with Gasteiger partial charge in [0.15, 0.2) is 5.82 Å². The number of anilines is 1. The molecule has 0 fully saturated rings. The molecule has 4 rings (SSSR count). The van der Waals surface area contributed by atoms with Gasteiger partial charge >= 0.3 is 5.97 Å². The van der Waals surface area contributed by atoms with Crippen molar-refractivity contribution in [3.63, 3.8) is 0 Å². The Balaban J connectivity index is 1.85. The summed E-state index contributed by atoms with van der Waals surface area (Å²) in [5.74, 6) is -0.703. The van der Waals surface area contributed by atoms with Crippen molar-refractivity contribution < 1.29 is 18.3 Å². The average Bonchev–Trinajstić information content (AvgIpc) is 3.07. The Morgan fingerprint density at radius 1 is 1.03 bits per heavy atom. The molecule has 0 atom stereocenters. The second-order valence-electron chi connectivity index (χ2n) is 7.43. The molecule has 2 aromatic heterocycles. The summed E-state index contributed by atoms with van der Waals surface area (Å²) in [6.45, 7) is 2.94. The van der Waals surface area contributed by atoms with Gasteiger partial charge in [-0.3, -0.25) is 13.7 Å². The van der Waals surface area contributed by atoms with E-state index in [1.54, 1.807) is 18.2 Å². The Labute approximate surface area is 200 Å². The third kappa shape index (κ3) is 4.52. The molecular formula is C22H18Cl2N4O4S. The zero-order valence-corrected chi connectivity index (χ0v) is 19.9. The minimum atomic E-state index is -4.27. The monoisotopic (exact) mass is 504 g/mol. The summed E-state index contributed by atoms with van der Waals surface area (Å²) in [6, 6.07) is 12.4. The first-order valence-electron chi connectivity index (χ1n) is 9.69. The minimum Gasteiger partial charge on any atom is -0.480 e. The highest BCUT2D eigenvalue weighted by atomic mass is 35.5. The van der Waals surface area contributed by atoms with Crippen LogP contribution < -0.4 is 4.31 Å². The summed E-state index contributed by atoms with van der Waals surface area (Å²) in [6.07, 6.45) is 1.86. The van der Waals surface area contributed by atoms with E-state index in [0.717, 1.165) is 26.5 Å². The summed E-state index contributed by atoms with van der Waals surface area (Å²) in [5.41, 5.74) is 2.60. The van der Waals surface area contributed by atoms with Crippen LogP contribution in [0, 0.1) is 13.8 Å². The van der Waals surface area contributed by atoms with Crippen LogP contribution in [0.15, 0.2) is 59.6 Å². The standard InChI is InChI=1S/C22H18Cl2N4O4S/c1-13-11-27(21-6-3-14(2)25-26-21)20-5-4-17(10-19(13)20)28(12-22(29)30)33(31,32)18-8-15(23)7-16(24)9-18/h3-11H,12H2,1-2H3,(H,29,30). The molecule has 33 heavy (non-hydrogen) atoms. The van der Waals surface area contributed by atoms with Crippen molar-refractivity contribution in [1.82, 2.24) is 14.8 Å². The number of rotatable bonds is 6. The molecule has 0 saturated carbocycles. The summed E-state index contributed by atoms with van der Waals surface area (Å²) in [5, 5.41) is 18.7. The molecule has 1 N–H and O–H groups in total. The third-order valence-electron chi connectivity index (χ3n) is 5.01. The largest absolute Gasteiger partial charge is 0.480 e. The minimum absolute atomic E-state index is 0.124. The predicted molar refractivity (Wildman–Crippen MR) is 127 cm³/mol. The fraction of sp³-hybridized carbons (Fsp3) is 0.136. The first-order chi connectivity index (χ1) is 15.6. The van der Waals surface area contributed by atoms with E-state index in [2.05, 4.69) is 10.2 Å². The van der Waals surface area contributed by atoms with Gasteiger partial charge in [0.1, 0.15) is 6.54 Å². The van der Waals surface area contributed by atoms with Gasteiger partial charge in [-0.2, -0.15) is 5.10 Å². The molecule has 0 radical (unpaired) electrons. The van der Waals surface area contributed by atoms with Crippen LogP contribution in [-0.2, 0) is 14.8 Å². The smallest absolute Gasteiger partial charge is 0.324 e. The van der Waals surface area contributed by atoms with Crippen LogP contribution in [0.3, 0.4) is 0 Å². The van der Waals surface area contributed by atoms with Gasteiger partial charge < -0.3 is 5.11 Å². The summed E-state index contributed by atoms with van der Waals surface area (Å²) >= 11 is 12.0. The fourth-order valence-electron chi connectivity index (χ4n) is 3.49. The van der Waals surface area contributed by atoms with E-state index in [4.69, 9.17) is 23.2 Å². The van der Waals surface area contributed by atoms with E-state index in [1.165, 1.54) is 18.2 Å². The van der Waals surface area contributed by atoms with Crippen LogP contribution in [0.5, 0.6) is 0 Å². The molecule has 2 heterocycles. The van der Waals surface area contributed by atoms with Crippen LogP contribution in [0.25, 0.3) is 16.7 Å². The maximum Gasteiger partial charge on any atom is 0.324 e. The molecular weight excluding hydrogens is 487 g/mol. The molecule has 4 aromatic rings. The molecule has 0 aliphatic heterocycles. The van der Waals surface area contributed by atoms with Gasteiger partial charge in [0.05, 0.1) is 21.8 Å². The fourth-order valence-corrected chi connectivity index (χ4v) is 5.62. The van der Waals surface area contributed by atoms with Crippen molar-refractivity contribution >= 4 is 55.8 Å². The number of nitrogens with zero attached hydrogens (tertiary/aromatic N) is 4. The Bertz CT molecular complexity index is 1460. The number of carboxylic acids is 1. The molecule has 0 unspecified atom stereocenters. The van der Waals surface area contributed by atoms with Crippen LogP contribution in [0.1, 0.15) is 11.3 Å². The van der Waals surface area contributed by atoms with Gasteiger partial charge in [-0.1, -0.05) is 23.2 Å². The molecule has 0 spiro atoms. The number of hydrogen-bond donors (Lipinski definition) is 1. The molecule has 170 valence electrons. The molecule has 0 aliphatic rings. The van der Waals surface area contributed by atoms with Gasteiger partial charge in [0.2, 0.25) is 0 Å². The SMILES string of the molecule is Cc1ccc(-n2cc(C)c3cc(N(CC(=O)O)S(=O)(=O)c4cc(Cl)cc(Cl)c4)ccc32)nn1. The summed E-state index contributed by atoms with van der Waals surface area (Å²) < 4.78 is 29.4. The number of sulfonamides is 1. The lowest BCUT2D eigenvalue weighted by Gasteiger charge is -2.23. The van der Waals surface area contributed by atoms with Crippen molar-refractivity contribution in [3.8, 4) is 5.82 Å². The first kappa shape index (κ1) is 23.0. The zero-order chi connectivity index (χ0) is 23.9. The number of benzene rings is 2. The van der Waals surface area contributed by atoms with Crippen molar-refractivity contribution in [2.75, 3.05) is 10.8 Å². The van der Waals surface area contributed by atoms with Crippen molar-refractivity contribution in [3.05, 3.63) is 76.0 Å². The Morgan fingerprint density at radius 2 is 1.73 bits per heavy atom. The van der Waals surface area contributed by atoms with Gasteiger partial charge in [0, 0.05) is 21.6 Å². The maximum absolute atomic E-state index is 13.4. The lowest BCUT2D eigenvalue weighted by atomic mass is 10.2. The van der Waals surface area contributed by atoms with E-state index >= 15 is 0 Å². The van der Waals surface area contributed by atoms with E-state index in [9.17, 15) is 18.3 Å². The number of carbonyl (C=O) groups is 1. The summed E-state index contributed by atoms with van der Waals surface area (Å²) in [4.78, 5) is 11.4. The third-order valence-corrected chi connectivity index (χ3v) is 7.20. The van der Waals surface area contributed by atoms with Crippen molar-refractivity contribution in [2.24, 2.45) is 0 Å². The first-order valence-corrected chi connectivity index (χ1v) is 11.9. The van der Waals surface area contributed by atoms with Crippen molar-refractivity contribution in [2.45, 2.75) is 18.7 Å². The Kier molecular flexibility index (Phi) is 6.04. The molecule has 2 aromatic carbocycles. The highest BCUT2D eigenvalue weighted by Crippen LogP contribution is 2.32. The number of halogens is 2. The van der Waals surface area contributed by atoms with Crippen LogP contribution in [-0.4, -0.2) is 40.8 Å². The Morgan fingerprint density at radius 3 is 2.33 bits per heavy atom. The van der Waals surface area contributed by atoms with E-state index < -0.39 is 22.5 Å². The highest BCUT2D eigenvalue weighted by Gasteiger charge is 2.28. The number of fused-ring (bicyclic) bond motifs is 1. The molecule has 0 aliphatic carbocycles. The predicted octanol–water partition coefficient (Wildman–Crippen LogP) is 4.62. The number of hydrogen-bond acceptors (Lipinski definition) is 5. The van der Waals surface area contributed by atoms with Crippen LogP contribution in [0.4, 0.5) is 5.69 Å². The lowest BCUT2D eigenvalue weighted by Crippen LogP contribution is -2.35. The van der Waals surface area contributed by atoms with Gasteiger partial charge in [-0.25, -0.2) is 8.42 Å². The topological polar surface area (TPSA) is 105 Å². The molecule has 0 amide bonds. The lowest BCUT2D eigenvalue weighted by molar-refractivity contribution is -0.135. The van der Waals surface area contributed by atoms with Crippen LogP contribution in [0.2, 0.25) is 10.0 Å². The molecule has 0 saturated heterocycles. The highest BCUT2D eigenvalue weighted by molar-refractivity contribution is 7.92. The molecule has 0 bridgehead atoms. The average molecular weight is 505 g/mol. The number of aromatic nitrogens is 3. The van der Waals surface area contributed by atoms with E-state index in [0.29, 0.717) is 5.82 Å². The van der Waals surface area contributed by atoms with E-state index in [1.807, 2.05) is 36.7 Å². The van der Waals surface area contributed by atoms with Gasteiger partial charge in [-0.05, 0) is 67.9 Å². The van der Waals surface area contributed by atoms with Gasteiger partial charge in [0.25, 0.3) is 10.0 Å². The molecule has 8 nitrogen and oxygen atoms in total. The quantitative estimate of drug-likeness (QED) is 0.410. The zero-order valence-electron chi connectivity index (χ0n) is 17.5. The second kappa shape index (κ2) is 8.66. The number of aliphatic carboxylic acids is 1. The second-order valence-corrected chi connectivity index (χ2v) is 10.2. The normalized spacial score (nSPS) is 11.6. The van der Waals surface area contributed by atoms with Crippen LogP contribution >= 0.6 is 23.2 Å². The van der Waals surface area contributed by atoms with Crippen molar-refractivity contribution in [1.29, 1.82) is 0 Å². The molecule has 11 heteroatoms. The summed E-state index contributed by atoms with van der Waals surface area (Å²) in [7, 11) is -4.27. The van der Waals surface area contributed by atoms with E-state index in [-0.39, 0.29) is 20.6 Å². The number of carboxylic acid groups (broad SMARTS) is 1.